The van der Waals surface area contributed by atoms with Crippen molar-refractivity contribution in [3.63, 3.8) is 0 Å². The van der Waals surface area contributed by atoms with Crippen LogP contribution in [0.2, 0.25) is 0 Å². The standard InChI is InChI=1S/C26H20FNO5S/c1-31-25(30)16-5-3-4-14(10-16)11-19-23(29)18-8-6-15(12-21(18)33-26(19)32-2)24-28-20-9-7-17(27)13-22(20)34-24/h3-10,12-13,19,26H,11H2,1-2H3. The predicted molar refractivity (Wildman–Crippen MR) is 126 cm³/mol. The monoisotopic (exact) mass is 477 g/mol. The molecule has 0 amide bonds. The quantitative estimate of drug-likeness (QED) is 0.364. The fourth-order valence-electron chi connectivity index (χ4n) is 4.11. The Morgan fingerprint density at radius 3 is 2.76 bits per heavy atom. The van der Waals surface area contributed by atoms with Crippen molar-refractivity contribution in [2.45, 2.75) is 12.7 Å². The van der Waals surface area contributed by atoms with Crippen molar-refractivity contribution in [1.29, 1.82) is 0 Å². The van der Waals surface area contributed by atoms with Crippen LogP contribution in [0.1, 0.15) is 26.3 Å². The molecule has 172 valence electrons. The molecule has 1 aromatic heterocycles. The lowest BCUT2D eigenvalue weighted by atomic mass is 9.87. The van der Waals surface area contributed by atoms with Crippen LogP contribution in [0.3, 0.4) is 0 Å². The SMILES string of the molecule is COC(=O)c1cccc(CC2C(=O)c3ccc(-c4nc5ccc(F)cc5s4)cc3OC2OC)c1. The topological polar surface area (TPSA) is 74.7 Å². The number of methoxy groups -OCH3 is 2. The second kappa shape index (κ2) is 8.96. The highest BCUT2D eigenvalue weighted by atomic mass is 32.1. The number of esters is 1. The maximum absolute atomic E-state index is 13.6. The van der Waals surface area contributed by atoms with Crippen molar-refractivity contribution in [1.82, 2.24) is 4.98 Å². The third kappa shape index (κ3) is 4.06. The lowest BCUT2D eigenvalue weighted by molar-refractivity contribution is -0.0881. The lowest BCUT2D eigenvalue weighted by Crippen LogP contribution is -2.40. The van der Waals surface area contributed by atoms with Crippen LogP contribution in [0.25, 0.3) is 20.8 Å². The van der Waals surface area contributed by atoms with E-state index in [1.807, 2.05) is 12.1 Å². The number of Topliss-reactive ketones (excluding diaryl/α,β-unsaturated/α-hetero) is 1. The van der Waals surface area contributed by atoms with Gasteiger partial charge in [0.25, 0.3) is 0 Å². The number of ketones is 1. The molecule has 0 saturated carbocycles. The Kier molecular flexibility index (Phi) is 5.85. The van der Waals surface area contributed by atoms with Crippen LogP contribution in [0, 0.1) is 11.7 Å². The second-order valence-corrected chi connectivity index (χ2v) is 8.96. The van der Waals surface area contributed by atoms with E-state index in [4.69, 9.17) is 14.2 Å². The molecule has 34 heavy (non-hydrogen) atoms. The third-order valence-electron chi connectivity index (χ3n) is 5.79. The first-order valence-corrected chi connectivity index (χ1v) is 11.4. The van der Waals surface area contributed by atoms with E-state index >= 15 is 0 Å². The summed E-state index contributed by atoms with van der Waals surface area (Å²) in [4.78, 5) is 29.8. The largest absolute Gasteiger partial charge is 0.465 e. The molecule has 0 bridgehead atoms. The number of hydrogen-bond donors (Lipinski definition) is 0. The molecule has 0 radical (unpaired) electrons. The van der Waals surface area contributed by atoms with E-state index in [-0.39, 0.29) is 11.6 Å². The highest BCUT2D eigenvalue weighted by Gasteiger charge is 2.38. The normalized spacial score (nSPS) is 17.3. The summed E-state index contributed by atoms with van der Waals surface area (Å²) in [5, 5.41) is 0.704. The number of benzene rings is 3. The van der Waals surface area contributed by atoms with Gasteiger partial charge in [0.05, 0.1) is 34.4 Å². The van der Waals surface area contributed by atoms with E-state index in [9.17, 15) is 14.0 Å². The minimum Gasteiger partial charge on any atom is -0.465 e. The fourth-order valence-corrected chi connectivity index (χ4v) is 5.09. The maximum Gasteiger partial charge on any atom is 0.337 e. The molecule has 2 heterocycles. The molecule has 2 unspecified atom stereocenters. The number of fused-ring (bicyclic) bond motifs is 2. The number of carbonyl (C=O) groups is 2. The van der Waals surface area contributed by atoms with E-state index < -0.39 is 18.2 Å². The Labute approximate surface area is 198 Å². The molecule has 0 fully saturated rings. The first kappa shape index (κ1) is 22.2. The van der Waals surface area contributed by atoms with Crippen molar-refractivity contribution >= 4 is 33.3 Å². The van der Waals surface area contributed by atoms with Crippen molar-refractivity contribution in [2.75, 3.05) is 14.2 Å². The van der Waals surface area contributed by atoms with Crippen LogP contribution in [-0.2, 0) is 15.9 Å². The summed E-state index contributed by atoms with van der Waals surface area (Å²) in [6.45, 7) is 0. The summed E-state index contributed by atoms with van der Waals surface area (Å²) < 4.78 is 30.7. The number of ether oxygens (including phenoxy) is 3. The van der Waals surface area contributed by atoms with Gasteiger partial charge in [-0.3, -0.25) is 4.79 Å². The number of rotatable bonds is 5. The number of hydrogen-bond acceptors (Lipinski definition) is 7. The summed E-state index contributed by atoms with van der Waals surface area (Å²) in [6, 6.07) is 16.8. The second-order valence-electron chi connectivity index (χ2n) is 7.93. The molecule has 6 nitrogen and oxygen atoms in total. The van der Waals surface area contributed by atoms with Gasteiger partial charge in [0.1, 0.15) is 16.6 Å². The summed E-state index contributed by atoms with van der Waals surface area (Å²) >= 11 is 1.37. The van der Waals surface area contributed by atoms with Crippen LogP contribution in [0.15, 0.2) is 60.7 Å². The van der Waals surface area contributed by atoms with E-state index in [0.717, 1.165) is 15.8 Å². The van der Waals surface area contributed by atoms with Gasteiger partial charge in [-0.15, -0.1) is 11.3 Å². The minimum absolute atomic E-state index is 0.102. The number of thiazole rings is 1. The molecule has 0 spiro atoms. The van der Waals surface area contributed by atoms with Gasteiger partial charge in [0.2, 0.25) is 6.29 Å². The Balaban J connectivity index is 1.45. The molecule has 8 heteroatoms. The predicted octanol–water partition coefficient (Wildman–Crippen LogP) is 5.30. The number of nitrogens with zero attached hydrogens (tertiary/aromatic N) is 1. The molecule has 4 aromatic rings. The summed E-state index contributed by atoms with van der Waals surface area (Å²) in [5.41, 5.74) is 3.15. The van der Waals surface area contributed by atoms with Gasteiger partial charge in [-0.05, 0) is 54.4 Å². The average Bonchev–Trinajstić information content (AvgIpc) is 3.28. The molecule has 1 aliphatic heterocycles. The first-order valence-electron chi connectivity index (χ1n) is 10.6. The summed E-state index contributed by atoms with van der Waals surface area (Å²) in [7, 11) is 2.82. The smallest absolute Gasteiger partial charge is 0.337 e. The minimum atomic E-state index is -0.790. The Bertz CT molecular complexity index is 1420. The zero-order chi connectivity index (χ0) is 23.8. The van der Waals surface area contributed by atoms with E-state index in [1.54, 1.807) is 36.4 Å². The van der Waals surface area contributed by atoms with Gasteiger partial charge in [-0.1, -0.05) is 18.2 Å². The summed E-state index contributed by atoms with van der Waals surface area (Å²) in [6.07, 6.45) is -0.450. The molecule has 0 N–H and O–H groups in total. The zero-order valence-corrected chi connectivity index (χ0v) is 19.2. The Hall–Kier alpha value is -3.62. The summed E-state index contributed by atoms with van der Waals surface area (Å²) in [5.74, 6) is -1.02. The Morgan fingerprint density at radius 1 is 1.12 bits per heavy atom. The molecule has 0 aliphatic carbocycles. The zero-order valence-electron chi connectivity index (χ0n) is 18.4. The molecule has 3 aromatic carbocycles. The molecular formula is C26H20FNO5S. The van der Waals surface area contributed by atoms with Gasteiger partial charge in [0, 0.05) is 12.7 Å². The van der Waals surface area contributed by atoms with Gasteiger partial charge < -0.3 is 14.2 Å². The van der Waals surface area contributed by atoms with E-state index in [0.29, 0.717) is 33.8 Å². The maximum atomic E-state index is 13.6. The van der Waals surface area contributed by atoms with Crippen LogP contribution in [-0.4, -0.2) is 37.2 Å². The van der Waals surface area contributed by atoms with Crippen molar-refractivity contribution in [2.24, 2.45) is 5.92 Å². The van der Waals surface area contributed by atoms with Crippen LogP contribution < -0.4 is 4.74 Å². The number of halogens is 1. The fraction of sp³-hybridized carbons (Fsp3) is 0.192. The first-order chi connectivity index (χ1) is 16.5. The molecule has 0 saturated heterocycles. The average molecular weight is 478 g/mol. The van der Waals surface area contributed by atoms with Crippen LogP contribution in [0.5, 0.6) is 5.75 Å². The van der Waals surface area contributed by atoms with E-state index in [2.05, 4.69) is 4.98 Å². The van der Waals surface area contributed by atoms with Gasteiger partial charge in [0.15, 0.2) is 5.78 Å². The van der Waals surface area contributed by atoms with Crippen molar-refractivity contribution in [3.8, 4) is 16.3 Å². The number of aromatic nitrogens is 1. The molecular weight excluding hydrogens is 457 g/mol. The highest BCUT2D eigenvalue weighted by molar-refractivity contribution is 7.21. The van der Waals surface area contributed by atoms with Gasteiger partial charge >= 0.3 is 5.97 Å². The van der Waals surface area contributed by atoms with E-state index in [1.165, 1.54) is 37.7 Å². The van der Waals surface area contributed by atoms with Gasteiger partial charge in [-0.25, -0.2) is 14.2 Å². The Morgan fingerprint density at radius 2 is 1.97 bits per heavy atom. The van der Waals surface area contributed by atoms with Crippen molar-refractivity contribution < 1.29 is 28.2 Å². The number of carbonyl (C=O) groups excluding carboxylic acids is 2. The molecule has 1 aliphatic rings. The van der Waals surface area contributed by atoms with Gasteiger partial charge in [-0.2, -0.15) is 0 Å². The molecule has 5 rings (SSSR count). The van der Waals surface area contributed by atoms with Crippen LogP contribution >= 0.6 is 11.3 Å². The van der Waals surface area contributed by atoms with Crippen molar-refractivity contribution in [3.05, 3.63) is 83.2 Å². The highest BCUT2D eigenvalue weighted by Crippen LogP contribution is 2.38. The third-order valence-corrected chi connectivity index (χ3v) is 6.86. The lowest BCUT2D eigenvalue weighted by Gasteiger charge is -2.31. The van der Waals surface area contributed by atoms with Crippen LogP contribution in [0.4, 0.5) is 4.39 Å². The molecule has 2 atom stereocenters.